The molecule has 4 spiro atoms. The lowest BCUT2D eigenvalue weighted by molar-refractivity contribution is -0.00548. The minimum absolute atomic E-state index is 0.254. The van der Waals surface area contributed by atoms with Gasteiger partial charge in [0.2, 0.25) is 0 Å². The summed E-state index contributed by atoms with van der Waals surface area (Å²) in [5.74, 6) is 3.86. The molecular formula is C69H77Cl9N20O2S4. The van der Waals surface area contributed by atoms with Crippen molar-refractivity contribution < 1.29 is 9.53 Å². The van der Waals surface area contributed by atoms with E-state index in [2.05, 4.69) is 65.2 Å². The van der Waals surface area contributed by atoms with Crippen molar-refractivity contribution in [2.75, 3.05) is 90.0 Å². The molecule has 16 rings (SSSR count). The van der Waals surface area contributed by atoms with Gasteiger partial charge in [0.1, 0.15) is 48.3 Å². The van der Waals surface area contributed by atoms with Gasteiger partial charge in [0, 0.05) is 118 Å². The van der Waals surface area contributed by atoms with Gasteiger partial charge >= 0.3 is 6.09 Å². The van der Waals surface area contributed by atoms with Crippen molar-refractivity contribution in [2.45, 2.75) is 142 Å². The van der Waals surface area contributed by atoms with Crippen LogP contribution in [-0.2, 0) is 4.74 Å². The highest BCUT2D eigenvalue weighted by molar-refractivity contribution is 8.00. The average molecular weight is 1670 g/mol. The Labute approximate surface area is 665 Å². The fourth-order valence-electron chi connectivity index (χ4n) is 13.2. The molecular weight excluding hydrogens is 1590 g/mol. The van der Waals surface area contributed by atoms with Crippen molar-refractivity contribution in [1.29, 1.82) is 0 Å². The van der Waals surface area contributed by atoms with E-state index >= 15 is 0 Å². The van der Waals surface area contributed by atoms with Crippen LogP contribution in [0, 0.1) is 21.7 Å². The molecule has 8 aliphatic rings. The number of benzene rings is 4. The maximum Gasteiger partial charge on any atom is 0.407 e. The SMILES string of the molecule is CC(C)(C)OC(=O)NC1CCC12CNC2.Nc1nc(Cl)cnc1Sc1cccc(Cl)c1Cl.Nc1nc(N2CC3(CCC3N)C2)cnc1Sc1cccc(Cl)c1Cl.Nc1nc(N2CC3(CC[C@@H]3N)C2)cnc1Sc1cccc(Cl)c1Cl.Nc1nc(N2CC3(CC[C@H]3N)C2)cnc1Sc1cccc(Cl)c1Cl. The number of nitrogen functional groups attached to an aromatic ring is 4. The Morgan fingerprint density at radius 1 is 0.462 bits per heavy atom. The van der Waals surface area contributed by atoms with Crippen LogP contribution >= 0.6 is 151 Å². The molecule has 1 amide bonds. The maximum absolute atomic E-state index is 11.5. The molecule has 4 atom stereocenters. The van der Waals surface area contributed by atoms with Crippen molar-refractivity contribution in [2.24, 2.45) is 38.9 Å². The van der Waals surface area contributed by atoms with Crippen LogP contribution in [0.2, 0.25) is 45.3 Å². The third-order valence-corrected chi connectivity index (χ3v) is 28.2. The first-order valence-electron chi connectivity index (χ1n) is 33.3. The first-order valence-corrected chi connectivity index (χ1v) is 40.0. The number of hydrogen-bond donors (Lipinski definition) is 9. The van der Waals surface area contributed by atoms with Crippen LogP contribution in [0.25, 0.3) is 0 Å². The third kappa shape index (κ3) is 17.5. The highest BCUT2D eigenvalue weighted by Gasteiger charge is 2.56. The van der Waals surface area contributed by atoms with Crippen LogP contribution in [0.3, 0.4) is 0 Å². The summed E-state index contributed by atoms with van der Waals surface area (Å²) in [5.41, 5.74) is 43.1. The molecule has 4 aromatic carbocycles. The first-order chi connectivity index (χ1) is 49.4. The van der Waals surface area contributed by atoms with Gasteiger partial charge in [-0.3, -0.25) is 0 Å². The van der Waals surface area contributed by atoms with E-state index in [0.717, 1.165) is 115 Å². The van der Waals surface area contributed by atoms with E-state index in [9.17, 15) is 4.79 Å². The number of nitrogens with two attached hydrogens (primary N) is 7. The number of anilines is 7. The summed E-state index contributed by atoms with van der Waals surface area (Å²) in [7, 11) is 0. The van der Waals surface area contributed by atoms with Crippen molar-refractivity contribution in [3.63, 3.8) is 0 Å². The monoisotopic (exact) mass is 1660 g/mol. The van der Waals surface area contributed by atoms with E-state index in [1.54, 1.807) is 48.9 Å². The molecule has 8 heterocycles. The van der Waals surface area contributed by atoms with Crippen LogP contribution in [0.15, 0.2) is 137 Å². The molecule has 4 aliphatic carbocycles. The number of carbonyl (C=O) groups is 1. The van der Waals surface area contributed by atoms with E-state index < -0.39 is 5.60 Å². The van der Waals surface area contributed by atoms with Gasteiger partial charge in [0.15, 0.2) is 23.3 Å². The summed E-state index contributed by atoms with van der Waals surface area (Å²) in [5, 5.41) is 12.9. The molecule has 2 unspecified atom stereocenters. The molecule has 35 heteroatoms. The number of hydrogen-bond acceptors (Lipinski definition) is 25. The standard InChI is InChI=1S/3C16H17Cl2N5S.C11H20N2O2.C10H6Cl3N3S/c3*17-9-2-1-3-10(13(9)18)24-15-14(20)22-12(6-21-15)23-7-16(8-23)5-4-11(16)19;1-10(2,3)15-9(14)13-8-4-5-11(8)6-12-7-11;11-5-2-1-3-6(8(5)13)17-10-9(14)16-7(12)4-15-10/h3*1-3,6,11H,4-5,7-8,19H2,(H2,20,22);8,12H,4-7H2,1-3H3,(H,13,14);1-4H,(H2,14,16)/t2*11-;;;/m10.../s1. The van der Waals surface area contributed by atoms with Crippen LogP contribution < -0.4 is 65.5 Å². The molecule has 4 saturated carbocycles. The van der Waals surface area contributed by atoms with Gasteiger partial charge < -0.3 is 70.2 Å². The Balaban J connectivity index is 0.000000124. The Morgan fingerprint density at radius 3 is 0.990 bits per heavy atom. The van der Waals surface area contributed by atoms with Gasteiger partial charge in [-0.05, 0) is 121 Å². The van der Waals surface area contributed by atoms with Crippen molar-refractivity contribution in [1.82, 2.24) is 50.5 Å². The highest BCUT2D eigenvalue weighted by atomic mass is 35.5. The molecule has 0 radical (unpaired) electrons. The predicted octanol–water partition coefficient (Wildman–Crippen LogP) is 15.8. The van der Waals surface area contributed by atoms with Crippen LogP contribution in [-0.4, -0.2) is 128 Å². The quantitative estimate of drug-likeness (QED) is 0.0548. The molecule has 4 aliphatic heterocycles. The zero-order chi connectivity index (χ0) is 74.2. The number of amides is 1. The zero-order valence-electron chi connectivity index (χ0n) is 56.7. The van der Waals surface area contributed by atoms with Crippen LogP contribution in [0.1, 0.15) is 72.1 Å². The van der Waals surface area contributed by atoms with Gasteiger partial charge in [-0.2, -0.15) is 0 Å². The predicted molar refractivity (Wildman–Crippen MR) is 426 cm³/mol. The van der Waals surface area contributed by atoms with Gasteiger partial charge in [-0.15, -0.1) is 0 Å². The average Bonchev–Trinajstić information content (AvgIpc) is 0.746. The third-order valence-electron chi connectivity index (χ3n) is 20.0. The Morgan fingerprint density at radius 2 is 0.760 bits per heavy atom. The van der Waals surface area contributed by atoms with Gasteiger partial charge in [-0.25, -0.2) is 44.7 Å². The van der Waals surface area contributed by atoms with E-state index in [1.165, 1.54) is 78.9 Å². The van der Waals surface area contributed by atoms with Gasteiger partial charge in [-0.1, -0.05) is 176 Å². The zero-order valence-corrected chi connectivity index (χ0v) is 66.7. The van der Waals surface area contributed by atoms with Crippen molar-refractivity contribution in [3.8, 4) is 0 Å². The lowest BCUT2D eigenvalue weighted by Gasteiger charge is -2.59. The van der Waals surface area contributed by atoms with Crippen molar-refractivity contribution in [3.05, 3.63) is 143 Å². The molecule has 8 aromatic rings. The second kappa shape index (κ2) is 32.6. The second-order valence-electron chi connectivity index (χ2n) is 28.0. The maximum atomic E-state index is 11.5. The smallest absolute Gasteiger partial charge is 0.407 e. The minimum Gasteiger partial charge on any atom is -0.444 e. The summed E-state index contributed by atoms with van der Waals surface area (Å²) >= 11 is 59.8. The summed E-state index contributed by atoms with van der Waals surface area (Å²) in [4.78, 5) is 56.1. The van der Waals surface area contributed by atoms with E-state index in [1.807, 2.05) is 63.2 Å². The first kappa shape index (κ1) is 78.5. The molecule has 552 valence electrons. The van der Waals surface area contributed by atoms with Gasteiger partial charge in [0.25, 0.3) is 0 Å². The molecule has 0 bridgehead atoms. The summed E-state index contributed by atoms with van der Waals surface area (Å²) in [6.45, 7) is 13.4. The van der Waals surface area contributed by atoms with E-state index in [0.29, 0.717) is 107 Å². The normalized spacial score (nSPS) is 20.6. The number of nitrogens with zero attached hydrogens (tertiary/aromatic N) is 11. The minimum atomic E-state index is -0.404. The van der Waals surface area contributed by atoms with Crippen LogP contribution in [0.5, 0.6) is 0 Å². The van der Waals surface area contributed by atoms with Gasteiger partial charge in [0.05, 0.1) is 65.0 Å². The summed E-state index contributed by atoms with van der Waals surface area (Å²) < 4.78 is 5.24. The number of nitrogens with one attached hydrogen (secondary N) is 2. The van der Waals surface area contributed by atoms with E-state index in [-0.39, 0.29) is 33.3 Å². The number of aromatic nitrogens is 8. The molecule has 8 fully saturated rings. The molecule has 104 heavy (non-hydrogen) atoms. The number of alkyl carbamates (subject to hydrolysis) is 1. The molecule has 16 N–H and O–H groups in total. The summed E-state index contributed by atoms with van der Waals surface area (Å²) in [6.07, 6.45) is 15.7. The number of ether oxygens (including phenoxy) is 1. The van der Waals surface area contributed by atoms with Crippen LogP contribution in [0.4, 0.5) is 45.5 Å². The molecule has 22 nitrogen and oxygen atoms in total. The fourth-order valence-corrected chi connectivity index (χ4v) is 18.4. The highest BCUT2D eigenvalue weighted by Crippen LogP contribution is 2.52. The number of rotatable bonds is 12. The Kier molecular flexibility index (Phi) is 24.6. The van der Waals surface area contributed by atoms with Crippen molar-refractivity contribution >= 4 is 198 Å². The second-order valence-corrected chi connectivity index (χ2v) is 35.7. The topological polar surface area (TPSA) is 345 Å². The Bertz CT molecular complexity index is 4160. The largest absolute Gasteiger partial charge is 0.444 e. The summed E-state index contributed by atoms with van der Waals surface area (Å²) in [6, 6.07) is 23.0. The number of halogens is 9. The fraction of sp³-hybridized carbons (Fsp3) is 0.406. The Hall–Kier alpha value is -5.08. The molecule has 4 aromatic heterocycles. The molecule has 4 saturated heterocycles. The lowest BCUT2D eigenvalue weighted by atomic mass is 9.60. The number of carbonyl (C=O) groups excluding carboxylic acids is 1. The lowest BCUT2D eigenvalue weighted by Crippen LogP contribution is -2.69. The van der Waals surface area contributed by atoms with E-state index in [4.69, 9.17) is 149 Å².